The van der Waals surface area contributed by atoms with Crippen molar-refractivity contribution >= 4 is 52.5 Å². The minimum Gasteiger partial charge on any atom is -0.332 e. The van der Waals surface area contributed by atoms with Gasteiger partial charge in [-0.25, -0.2) is 0 Å². The van der Waals surface area contributed by atoms with Crippen molar-refractivity contribution in [2.45, 2.75) is 31.3 Å². The molecule has 1 heterocycles. The lowest BCUT2D eigenvalue weighted by molar-refractivity contribution is -0.123. The topological polar surface area (TPSA) is 70.2 Å². The van der Waals surface area contributed by atoms with E-state index in [-0.39, 0.29) is 29.1 Å². The van der Waals surface area contributed by atoms with E-state index in [4.69, 9.17) is 23.2 Å². The van der Waals surface area contributed by atoms with Gasteiger partial charge in [-0.1, -0.05) is 30.1 Å². The second-order valence-electron chi connectivity index (χ2n) is 4.91. The van der Waals surface area contributed by atoms with Gasteiger partial charge in [0.25, 0.3) is 0 Å². The molecule has 120 valence electrons. The predicted octanol–water partition coefficient (Wildman–Crippen LogP) is 2.84. The smallest absolute Gasteiger partial charge is 0.234 e. The van der Waals surface area contributed by atoms with Crippen LogP contribution in [-0.4, -0.2) is 29.1 Å². The van der Waals surface area contributed by atoms with Crippen molar-refractivity contribution in [2.75, 3.05) is 11.1 Å². The summed E-state index contributed by atoms with van der Waals surface area (Å²) in [6.07, 6.45) is 1.35. The number of halogens is 2. The fraction of sp³-hybridized carbons (Fsp3) is 0.429. The van der Waals surface area contributed by atoms with Gasteiger partial charge in [0.2, 0.25) is 11.8 Å². The molecule has 5 nitrogen and oxygen atoms in total. The van der Waals surface area contributed by atoms with E-state index < -0.39 is 0 Å². The first-order valence-corrected chi connectivity index (χ1v) is 8.70. The zero-order chi connectivity index (χ0) is 16.1. The largest absolute Gasteiger partial charge is 0.332 e. The molecule has 3 N–H and O–H groups in total. The SMILES string of the molecule is CCC1CC(=O)NC(SCC(=O)Nc2ccc(Cl)c(Cl)c2)N1. The van der Waals surface area contributed by atoms with Crippen LogP contribution in [0.2, 0.25) is 10.0 Å². The number of carbonyl (C=O) groups is 2. The van der Waals surface area contributed by atoms with Gasteiger partial charge in [0.1, 0.15) is 5.50 Å². The van der Waals surface area contributed by atoms with Gasteiger partial charge < -0.3 is 10.6 Å². The molecule has 0 bridgehead atoms. The van der Waals surface area contributed by atoms with Gasteiger partial charge in [-0.05, 0) is 24.6 Å². The van der Waals surface area contributed by atoms with Crippen LogP contribution in [0, 0.1) is 0 Å². The third-order valence-electron chi connectivity index (χ3n) is 3.19. The number of rotatable bonds is 5. The second-order valence-corrected chi connectivity index (χ2v) is 6.82. The first-order valence-electron chi connectivity index (χ1n) is 6.90. The molecule has 2 atom stereocenters. The van der Waals surface area contributed by atoms with E-state index in [2.05, 4.69) is 16.0 Å². The average Bonchev–Trinajstić information content (AvgIpc) is 2.48. The summed E-state index contributed by atoms with van der Waals surface area (Å²) in [4.78, 5) is 23.5. The molecule has 0 spiro atoms. The Hall–Kier alpha value is -0.950. The molecule has 1 fully saturated rings. The Morgan fingerprint density at radius 3 is 2.86 bits per heavy atom. The van der Waals surface area contributed by atoms with E-state index in [0.717, 1.165) is 6.42 Å². The number of thioether (sulfide) groups is 1. The summed E-state index contributed by atoms with van der Waals surface area (Å²) in [5, 5.41) is 9.66. The fourth-order valence-electron chi connectivity index (χ4n) is 2.03. The van der Waals surface area contributed by atoms with Crippen molar-refractivity contribution in [1.29, 1.82) is 0 Å². The normalized spacial score (nSPS) is 21.3. The Kier molecular flexibility index (Phi) is 6.37. The Labute approximate surface area is 143 Å². The third kappa shape index (κ3) is 5.05. The zero-order valence-electron chi connectivity index (χ0n) is 12.0. The van der Waals surface area contributed by atoms with Crippen molar-refractivity contribution < 1.29 is 9.59 Å². The monoisotopic (exact) mass is 361 g/mol. The van der Waals surface area contributed by atoms with E-state index in [9.17, 15) is 9.59 Å². The quantitative estimate of drug-likeness (QED) is 0.753. The number of benzene rings is 1. The van der Waals surface area contributed by atoms with Gasteiger partial charge in [-0.3, -0.25) is 14.9 Å². The Bertz CT molecular complexity index is 571. The molecule has 1 aromatic carbocycles. The molecule has 2 unspecified atom stereocenters. The van der Waals surface area contributed by atoms with Gasteiger partial charge in [0, 0.05) is 18.2 Å². The highest BCUT2D eigenvalue weighted by molar-refractivity contribution is 8.00. The molecule has 0 aromatic heterocycles. The summed E-state index contributed by atoms with van der Waals surface area (Å²) < 4.78 is 0. The van der Waals surface area contributed by atoms with Crippen LogP contribution in [0.15, 0.2) is 18.2 Å². The lowest BCUT2D eigenvalue weighted by atomic mass is 10.1. The highest BCUT2D eigenvalue weighted by atomic mass is 35.5. The van der Waals surface area contributed by atoms with Crippen molar-refractivity contribution in [3.63, 3.8) is 0 Å². The van der Waals surface area contributed by atoms with Gasteiger partial charge in [-0.15, -0.1) is 11.8 Å². The lowest BCUT2D eigenvalue weighted by Gasteiger charge is -2.30. The first kappa shape index (κ1) is 17.4. The molecular weight excluding hydrogens is 345 g/mol. The molecule has 2 rings (SSSR count). The second kappa shape index (κ2) is 8.06. The van der Waals surface area contributed by atoms with Crippen molar-refractivity contribution in [3.8, 4) is 0 Å². The minimum absolute atomic E-state index is 0.00740. The van der Waals surface area contributed by atoms with E-state index in [1.807, 2.05) is 6.92 Å². The Morgan fingerprint density at radius 1 is 1.41 bits per heavy atom. The summed E-state index contributed by atoms with van der Waals surface area (Å²) in [7, 11) is 0. The zero-order valence-corrected chi connectivity index (χ0v) is 14.3. The summed E-state index contributed by atoms with van der Waals surface area (Å²) in [5.74, 6) is 0.0558. The van der Waals surface area contributed by atoms with Crippen LogP contribution >= 0.6 is 35.0 Å². The van der Waals surface area contributed by atoms with Crippen LogP contribution in [0.5, 0.6) is 0 Å². The first-order chi connectivity index (χ1) is 10.5. The van der Waals surface area contributed by atoms with E-state index in [1.165, 1.54) is 11.8 Å². The number of amides is 2. The van der Waals surface area contributed by atoms with E-state index >= 15 is 0 Å². The standard InChI is InChI=1S/C14H17Cl2N3O2S/c1-2-8-6-12(20)19-14(18-8)22-7-13(21)17-9-3-4-10(15)11(16)5-9/h3-5,8,14,18H,2,6-7H2,1H3,(H,17,21)(H,19,20). The van der Waals surface area contributed by atoms with Crippen LogP contribution in [0.25, 0.3) is 0 Å². The van der Waals surface area contributed by atoms with Crippen LogP contribution in [0.3, 0.4) is 0 Å². The molecule has 0 saturated carbocycles. The van der Waals surface area contributed by atoms with Gasteiger partial charge >= 0.3 is 0 Å². The van der Waals surface area contributed by atoms with Crippen molar-refractivity contribution in [3.05, 3.63) is 28.2 Å². The molecule has 1 aromatic rings. The molecule has 1 aliphatic heterocycles. The highest BCUT2D eigenvalue weighted by Gasteiger charge is 2.25. The molecule has 22 heavy (non-hydrogen) atoms. The maximum atomic E-state index is 11.9. The molecule has 8 heteroatoms. The molecule has 1 saturated heterocycles. The molecule has 1 aliphatic rings. The van der Waals surface area contributed by atoms with Crippen LogP contribution in [0.1, 0.15) is 19.8 Å². The lowest BCUT2D eigenvalue weighted by Crippen LogP contribution is -2.54. The molecule has 2 amide bonds. The van der Waals surface area contributed by atoms with Crippen molar-refractivity contribution in [1.82, 2.24) is 10.6 Å². The number of nitrogens with one attached hydrogen (secondary N) is 3. The van der Waals surface area contributed by atoms with Crippen molar-refractivity contribution in [2.24, 2.45) is 0 Å². The summed E-state index contributed by atoms with van der Waals surface area (Å²) in [5.41, 5.74) is 0.345. The molecule has 0 aliphatic carbocycles. The van der Waals surface area contributed by atoms with Crippen LogP contribution < -0.4 is 16.0 Å². The Morgan fingerprint density at radius 2 is 2.18 bits per heavy atom. The molecule has 0 radical (unpaired) electrons. The predicted molar refractivity (Wildman–Crippen MR) is 91.3 cm³/mol. The van der Waals surface area contributed by atoms with Crippen LogP contribution in [-0.2, 0) is 9.59 Å². The molecular formula is C14H17Cl2N3O2S. The summed E-state index contributed by atoms with van der Waals surface area (Å²) in [6, 6.07) is 5.07. The fourth-order valence-corrected chi connectivity index (χ4v) is 3.22. The maximum absolute atomic E-state index is 11.9. The highest BCUT2D eigenvalue weighted by Crippen LogP contribution is 2.25. The number of hydrogen-bond acceptors (Lipinski definition) is 4. The summed E-state index contributed by atoms with van der Waals surface area (Å²) in [6.45, 7) is 2.02. The average molecular weight is 362 g/mol. The van der Waals surface area contributed by atoms with E-state index in [1.54, 1.807) is 18.2 Å². The van der Waals surface area contributed by atoms with Gasteiger partial charge in [0.15, 0.2) is 0 Å². The minimum atomic E-state index is -0.245. The number of hydrogen-bond donors (Lipinski definition) is 3. The third-order valence-corrected chi connectivity index (χ3v) is 4.94. The maximum Gasteiger partial charge on any atom is 0.234 e. The summed E-state index contributed by atoms with van der Waals surface area (Å²) >= 11 is 13.1. The van der Waals surface area contributed by atoms with Gasteiger partial charge in [-0.2, -0.15) is 0 Å². The van der Waals surface area contributed by atoms with E-state index in [0.29, 0.717) is 22.2 Å². The Balaban J connectivity index is 1.82. The van der Waals surface area contributed by atoms with Gasteiger partial charge in [0.05, 0.1) is 15.8 Å². The number of anilines is 1. The number of carbonyl (C=O) groups excluding carboxylic acids is 2. The van der Waals surface area contributed by atoms with Crippen LogP contribution in [0.4, 0.5) is 5.69 Å².